The zero-order valence-corrected chi connectivity index (χ0v) is 12.5. The van der Waals surface area contributed by atoms with Crippen LogP contribution in [0, 0.1) is 11.7 Å². The van der Waals surface area contributed by atoms with Gasteiger partial charge in [-0.05, 0) is 37.3 Å². The Labute approximate surface area is 128 Å². The van der Waals surface area contributed by atoms with Crippen LogP contribution in [-0.4, -0.2) is 32.3 Å². The summed E-state index contributed by atoms with van der Waals surface area (Å²) in [5.74, 6) is 0.386. The van der Waals surface area contributed by atoms with Gasteiger partial charge in [0.15, 0.2) is 6.61 Å². The van der Waals surface area contributed by atoms with Gasteiger partial charge in [0.1, 0.15) is 11.6 Å². The average Bonchev–Trinajstić information content (AvgIpc) is 3.28. The summed E-state index contributed by atoms with van der Waals surface area (Å²) in [6, 6.07) is 3.98. The molecule has 0 aromatic heterocycles. The van der Waals surface area contributed by atoms with E-state index in [0.717, 1.165) is 18.9 Å². The Kier molecular flexibility index (Phi) is 6.26. The standard InChI is InChI=1S/C15H19ClFNO3/c16-13-8-12(4-5-14(13)17)21-10-15(19)18-6-1-7-20-9-11-2-3-11/h4-5,8,11H,1-3,6-7,9-10H2,(H,18,19). The normalized spacial score (nSPS) is 14.0. The molecule has 1 N–H and O–H groups in total. The van der Waals surface area contributed by atoms with Crippen molar-refractivity contribution in [3.63, 3.8) is 0 Å². The molecule has 0 spiro atoms. The van der Waals surface area contributed by atoms with Crippen molar-refractivity contribution in [2.45, 2.75) is 19.3 Å². The van der Waals surface area contributed by atoms with Crippen molar-refractivity contribution in [1.82, 2.24) is 5.32 Å². The van der Waals surface area contributed by atoms with Crippen molar-refractivity contribution in [3.8, 4) is 5.75 Å². The summed E-state index contributed by atoms with van der Waals surface area (Å²) in [5, 5.41) is 2.70. The fourth-order valence-electron chi connectivity index (χ4n) is 1.70. The van der Waals surface area contributed by atoms with Crippen LogP contribution in [0.1, 0.15) is 19.3 Å². The molecule has 0 heterocycles. The molecule has 1 saturated carbocycles. The van der Waals surface area contributed by atoms with Gasteiger partial charge < -0.3 is 14.8 Å². The molecule has 6 heteroatoms. The Morgan fingerprint density at radius 3 is 2.95 bits per heavy atom. The van der Waals surface area contributed by atoms with Crippen molar-refractivity contribution in [2.24, 2.45) is 5.92 Å². The van der Waals surface area contributed by atoms with E-state index in [1.54, 1.807) is 0 Å². The molecule has 1 aliphatic carbocycles. The van der Waals surface area contributed by atoms with Gasteiger partial charge in [0.25, 0.3) is 5.91 Å². The van der Waals surface area contributed by atoms with E-state index in [9.17, 15) is 9.18 Å². The second-order valence-electron chi connectivity index (χ2n) is 5.09. The lowest BCUT2D eigenvalue weighted by atomic mass is 10.3. The summed E-state index contributed by atoms with van der Waals surface area (Å²) < 4.78 is 23.6. The second kappa shape index (κ2) is 8.20. The first-order valence-electron chi connectivity index (χ1n) is 7.07. The van der Waals surface area contributed by atoms with Crippen LogP contribution in [0.15, 0.2) is 18.2 Å². The first kappa shape index (κ1) is 16.0. The lowest BCUT2D eigenvalue weighted by Crippen LogP contribution is -2.30. The fraction of sp³-hybridized carbons (Fsp3) is 0.533. The molecule has 1 fully saturated rings. The number of carbonyl (C=O) groups excluding carboxylic acids is 1. The van der Waals surface area contributed by atoms with E-state index in [-0.39, 0.29) is 17.5 Å². The molecular weight excluding hydrogens is 297 g/mol. The van der Waals surface area contributed by atoms with Gasteiger partial charge in [-0.1, -0.05) is 11.6 Å². The van der Waals surface area contributed by atoms with Gasteiger partial charge in [0.2, 0.25) is 0 Å². The van der Waals surface area contributed by atoms with Crippen LogP contribution in [0.2, 0.25) is 5.02 Å². The average molecular weight is 316 g/mol. The molecular formula is C15H19ClFNO3. The highest BCUT2D eigenvalue weighted by Gasteiger charge is 2.20. The highest BCUT2D eigenvalue weighted by atomic mass is 35.5. The Morgan fingerprint density at radius 1 is 1.43 bits per heavy atom. The van der Waals surface area contributed by atoms with Crippen LogP contribution in [0.3, 0.4) is 0 Å². The Balaban J connectivity index is 1.53. The number of nitrogens with one attached hydrogen (secondary N) is 1. The molecule has 116 valence electrons. The van der Waals surface area contributed by atoms with Crippen molar-refractivity contribution in [3.05, 3.63) is 29.0 Å². The van der Waals surface area contributed by atoms with E-state index in [0.29, 0.717) is 18.9 Å². The van der Waals surface area contributed by atoms with Crippen molar-refractivity contribution >= 4 is 17.5 Å². The molecule has 0 aliphatic heterocycles. The van der Waals surface area contributed by atoms with Gasteiger partial charge in [-0.2, -0.15) is 0 Å². The molecule has 0 bridgehead atoms. The quantitative estimate of drug-likeness (QED) is 0.713. The number of benzene rings is 1. The number of hydrogen-bond acceptors (Lipinski definition) is 3. The third kappa shape index (κ3) is 6.31. The van der Waals surface area contributed by atoms with Crippen LogP contribution in [0.4, 0.5) is 4.39 Å². The molecule has 0 radical (unpaired) electrons. The topological polar surface area (TPSA) is 47.6 Å². The third-order valence-corrected chi connectivity index (χ3v) is 3.39. The van der Waals surface area contributed by atoms with E-state index in [2.05, 4.69) is 5.32 Å². The maximum absolute atomic E-state index is 12.9. The molecule has 1 aromatic rings. The van der Waals surface area contributed by atoms with E-state index in [1.165, 1.54) is 31.0 Å². The zero-order valence-electron chi connectivity index (χ0n) is 11.7. The van der Waals surface area contributed by atoms with Crippen LogP contribution in [-0.2, 0) is 9.53 Å². The van der Waals surface area contributed by atoms with Crippen molar-refractivity contribution in [1.29, 1.82) is 0 Å². The van der Waals surface area contributed by atoms with Gasteiger partial charge in [-0.25, -0.2) is 4.39 Å². The first-order chi connectivity index (χ1) is 10.1. The number of halogens is 2. The Hall–Kier alpha value is -1.33. The van der Waals surface area contributed by atoms with Gasteiger partial charge in [0.05, 0.1) is 5.02 Å². The van der Waals surface area contributed by atoms with Gasteiger partial charge in [0, 0.05) is 25.8 Å². The lowest BCUT2D eigenvalue weighted by molar-refractivity contribution is -0.123. The molecule has 4 nitrogen and oxygen atoms in total. The van der Waals surface area contributed by atoms with Crippen molar-refractivity contribution in [2.75, 3.05) is 26.4 Å². The number of rotatable bonds is 9. The predicted octanol–water partition coefficient (Wildman–Crippen LogP) is 2.79. The minimum absolute atomic E-state index is 0.0271. The number of ether oxygens (including phenoxy) is 2. The third-order valence-electron chi connectivity index (χ3n) is 3.10. The Bertz CT molecular complexity index is 480. The molecule has 0 saturated heterocycles. The zero-order chi connectivity index (χ0) is 15.1. The first-order valence-corrected chi connectivity index (χ1v) is 7.45. The molecule has 0 unspecified atom stereocenters. The minimum Gasteiger partial charge on any atom is -0.484 e. The summed E-state index contributed by atoms with van der Waals surface area (Å²) in [4.78, 5) is 11.5. The van der Waals surface area contributed by atoms with E-state index in [4.69, 9.17) is 21.1 Å². The smallest absolute Gasteiger partial charge is 0.257 e. The highest BCUT2D eigenvalue weighted by Crippen LogP contribution is 2.28. The summed E-state index contributed by atoms with van der Waals surface area (Å²) >= 11 is 5.62. The number of hydrogen-bond donors (Lipinski definition) is 1. The number of amides is 1. The van der Waals surface area contributed by atoms with E-state index in [1.807, 2.05) is 0 Å². The molecule has 1 aromatic carbocycles. The lowest BCUT2D eigenvalue weighted by Gasteiger charge is -2.08. The van der Waals surface area contributed by atoms with Gasteiger partial charge in [-0.15, -0.1) is 0 Å². The van der Waals surface area contributed by atoms with E-state index < -0.39 is 5.82 Å². The predicted molar refractivity (Wildman–Crippen MR) is 78.1 cm³/mol. The monoisotopic (exact) mass is 315 g/mol. The maximum atomic E-state index is 12.9. The van der Waals surface area contributed by atoms with Crippen LogP contribution >= 0.6 is 11.6 Å². The molecule has 1 aliphatic rings. The molecule has 1 amide bonds. The summed E-state index contributed by atoms with van der Waals surface area (Å²) in [6.45, 7) is 1.93. The van der Waals surface area contributed by atoms with Crippen molar-refractivity contribution < 1.29 is 18.7 Å². The van der Waals surface area contributed by atoms with Gasteiger partial charge in [-0.3, -0.25) is 4.79 Å². The minimum atomic E-state index is -0.514. The van der Waals surface area contributed by atoms with Crippen LogP contribution in [0.25, 0.3) is 0 Å². The van der Waals surface area contributed by atoms with E-state index >= 15 is 0 Å². The summed E-state index contributed by atoms with van der Waals surface area (Å²) in [6.07, 6.45) is 3.34. The number of carbonyl (C=O) groups is 1. The molecule has 0 atom stereocenters. The van der Waals surface area contributed by atoms with Gasteiger partial charge >= 0.3 is 0 Å². The highest BCUT2D eigenvalue weighted by molar-refractivity contribution is 6.30. The maximum Gasteiger partial charge on any atom is 0.257 e. The Morgan fingerprint density at radius 2 is 2.24 bits per heavy atom. The second-order valence-corrected chi connectivity index (χ2v) is 5.49. The summed E-state index contributed by atoms with van der Waals surface area (Å²) in [5.41, 5.74) is 0. The summed E-state index contributed by atoms with van der Waals surface area (Å²) in [7, 11) is 0. The molecule has 2 rings (SSSR count). The SMILES string of the molecule is O=C(COc1ccc(F)c(Cl)c1)NCCCOCC1CC1. The van der Waals surface area contributed by atoms with Crippen LogP contribution in [0.5, 0.6) is 5.75 Å². The largest absolute Gasteiger partial charge is 0.484 e. The fourth-order valence-corrected chi connectivity index (χ4v) is 1.87. The molecule has 21 heavy (non-hydrogen) atoms. The van der Waals surface area contributed by atoms with Crippen LogP contribution < -0.4 is 10.1 Å².